The van der Waals surface area contributed by atoms with Crippen molar-refractivity contribution in [1.82, 2.24) is 0 Å². The number of benzene rings is 2. The number of aryl methyl sites for hydroxylation is 1. The highest BCUT2D eigenvalue weighted by atomic mass is 16.5. The van der Waals surface area contributed by atoms with Crippen LogP contribution in [0.3, 0.4) is 0 Å². The van der Waals surface area contributed by atoms with Gasteiger partial charge in [0.2, 0.25) is 5.91 Å². The molecular weight excluding hydrogens is 362 g/mol. The minimum atomic E-state index is -1.00. The minimum Gasteiger partial charge on any atom is -0.493 e. The van der Waals surface area contributed by atoms with Crippen LogP contribution in [0.15, 0.2) is 42.5 Å². The number of anilines is 1. The van der Waals surface area contributed by atoms with Crippen LogP contribution in [0.1, 0.15) is 22.3 Å². The fourth-order valence-electron chi connectivity index (χ4n) is 2.90. The van der Waals surface area contributed by atoms with E-state index >= 15 is 0 Å². The second-order valence-electron chi connectivity index (χ2n) is 6.04. The van der Waals surface area contributed by atoms with Gasteiger partial charge in [-0.15, -0.1) is 0 Å². The first-order valence-electron chi connectivity index (χ1n) is 8.84. The van der Waals surface area contributed by atoms with E-state index in [9.17, 15) is 14.7 Å². The van der Waals surface area contributed by atoms with Crippen LogP contribution in [0.4, 0.5) is 5.69 Å². The van der Waals surface area contributed by atoms with Crippen LogP contribution in [0.25, 0.3) is 0 Å². The van der Waals surface area contributed by atoms with Crippen molar-refractivity contribution in [3.8, 4) is 11.5 Å². The minimum absolute atomic E-state index is 0.135. The number of carbonyl (C=O) groups excluding carboxylic acids is 1. The predicted octanol–water partition coefficient (Wildman–Crippen LogP) is 3.01. The number of amides is 1. The SMILES string of the molecule is COCCN(C(=O)CCc1ccccc1C(=O)O)c1ccc(OC)c(OC)c1. The lowest BCUT2D eigenvalue weighted by Crippen LogP contribution is -2.34. The molecule has 0 atom stereocenters. The van der Waals surface area contributed by atoms with Crippen molar-refractivity contribution < 1.29 is 28.9 Å². The number of rotatable bonds is 10. The van der Waals surface area contributed by atoms with Gasteiger partial charge in [0.15, 0.2) is 11.5 Å². The van der Waals surface area contributed by atoms with Crippen LogP contribution in [0.2, 0.25) is 0 Å². The molecule has 0 fully saturated rings. The Morgan fingerprint density at radius 1 is 1.00 bits per heavy atom. The molecule has 0 heterocycles. The lowest BCUT2D eigenvalue weighted by atomic mass is 10.0. The first kappa shape index (κ1) is 21.2. The fourth-order valence-corrected chi connectivity index (χ4v) is 2.90. The second kappa shape index (κ2) is 10.3. The van der Waals surface area contributed by atoms with E-state index in [4.69, 9.17) is 14.2 Å². The van der Waals surface area contributed by atoms with Gasteiger partial charge in [-0.25, -0.2) is 4.79 Å². The number of methoxy groups -OCH3 is 3. The van der Waals surface area contributed by atoms with Gasteiger partial charge in [-0.1, -0.05) is 18.2 Å². The van der Waals surface area contributed by atoms with Crippen molar-refractivity contribution in [1.29, 1.82) is 0 Å². The molecule has 0 saturated heterocycles. The summed E-state index contributed by atoms with van der Waals surface area (Å²) in [5.74, 6) is -0.0455. The zero-order chi connectivity index (χ0) is 20.5. The number of carbonyl (C=O) groups is 2. The van der Waals surface area contributed by atoms with Crippen molar-refractivity contribution in [3.63, 3.8) is 0 Å². The average molecular weight is 387 g/mol. The van der Waals surface area contributed by atoms with Crippen molar-refractivity contribution in [3.05, 3.63) is 53.6 Å². The van der Waals surface area contributed by atoms with E-state index in [2.05, 4.69) is 0 Å². The molecule has 0 aromatic heterocycles. The highest BCUT2D eigenvalue weighted by molar-refractivity contribution is 5.94. The van der Waals surface area contributed by atoms with Gasteiger partial charge < -0.3 is 24.2 Å². The van der Waals surface area contributed by atoms with Gasteiger partial charge in [-0.05, 0) is 30.2 Å². The second-order valence-corrected chi connectivity index (χ2v) is 6.04. The maximum atomic E-state index is 12.9. The van der Waals surface area contributed by atoms with E-state index in [-0.39, 0.29) is 17.9 Å². The Labute approximate surface area is 164 Å². The summed E-state index contributed by atoms with van der Waals surface area (Å²) in [5.41, 5.74) is 1.50. The van der Waals surface area contributed by atoms with Gasteiger partial charge in [0.1, 0.15) is 0 Å². The summed E-state index contributed by atoms with van der Waals surface area (Å²) in [6.07, 6.45) is 0.500. The molecule has 2 aromatic rings. The third-order valence-corrected chi connectivity index (χ3v) is 4.35. The van der Waals surface area contributed by atoms with Crippen molar-refractivity contribution in [2.45, 2.75) is 12.8 Å². The molecule has 28 heavy (non-hydrogen) atoms. The maximum absolute atomic E-state index is 12.9. The molecule has 0 aliphatic heterocycles. The molecule has 0 bridgehead atoms. The Hall–Kier alpha value is -3.06. The quantitative estimate of drug-likeness (QED) is 0.675. The number of nitrogens with zero attached hydrogens (tertiary/aromatic N) is 1. The van der Waals surface area contributed by atoms with Crippen LogP contribution in [-0.2, 0) is 16.0 Å². The fraction of sp³-hybridized carbons (Fsp3) is 0.333. The number of hydrogen-bond donors (Lipinski definition) is 1. The summed E-state index contributed by atoms with van der Waals surface area (Å²) < 4.78 is 15.7. The van der Waals surface area contributed by atoms with E-state index in [0.717, 1.165) is 0 Å². The standard InChI is InChI=1S/C21H25NO6/c1-26-13-12-22(16-9-10-18(27-2)19(14-16)28-3)20(23)11-8-15-6-4-5-7-17(15)21(24)25/h4-7,9-10,14H,8,11-13H2,1-3H3,(H,24,25). The van der Waals surface area contributed by atoms with Crippen molar-refractivity contribution in [2.24, 2.45) is 0 Å². The summed E-state index contributed by atoms with van der Waals surface area (Å²) in [6, 6.07) is 12.0. The molecule has 2 rings (SSSR count). The summed E-state index contributed by atoms with van der Waals surface area (Å²) in [6.45, 7) is 0.733. The summed E-state index contributed by atoms with van der Waals surface area (Å²) in [5, 5.41) is 9.30. The third kappa shape index (κ3) is 5.23. The van der Waals surface area contributed by atoms with Gasteiger partial charge in [0, 0.05) is 31.8 Å². The Kier molecular flexibility index (Phi) is 7.83. The number of hydrogen-bond acceptors (Lipinski definition) is 5. The number of aromatic carboxylic acids is 1. The number of ether oxygens (including phenoxy) is 3. The third-order valence-electron chi connectivity index (χ3n) is 4.35. The highest BCUT2D eigenvalue weighted by Gasteiger charge is 2.19. The smallest absolute Gasteiger partial charge is 0.335 e. The molecule has 0 unspecified atom stereocenters. The van der Waals surface area contributed by atoms with E-state index in [1.54, 1.807) is 61.6 Å². The molecule has 7 heteroatoms. The molecule has 1 amide bonds. The van der Waals surface area contributed by atoms with Gasteiger partial charge in [-0.2, -0.15) is 0 Å². The van der Waals surface area contributed by atoms with Crippen molar-refractivity contribution in [2.75, 3.05) is 39.4 Å². The van der Waals surface area contributed by atoms with Gasteiger partial charge >= 0.3 is 5.97 Å². The molecule has 150 valence electrons. The van der Waals surface area contributed by atoms with E-state index in [1.807, 2.05) is 0 Å². The molecule has 7 nitrogen and oxygen atoms in total. The Balaban J connectivity index is 2.21. The molecule has 0 aliphatic rings. The van der Waals surface area contributed by atoms with Crippen molar-refractivity contribution >= 4 is 17.6 Å². The number of carboxylic acid groups (broad SMARTS) is 1. The van der Waals surface area contributed by atoms with Crippen LogP contribution in [-0.4, -0.2) is 51.5 Å². The first-order valence-corrected chi connectivity index (χ1v) is 8.84. The molecular formula is C21H25NO6. The lowest BCUT2D eigenvalue weighted by Gasteiger charge is -2.24. The van der Waals surface area contributed by atoms with Gasteiger partial charge in [0.25, 0.3) is 0 Å². The topological polar surface area (TPSA) is 85.3 Å². The normalized spacial score (nSPS) is 10.4. The Morgan fingerprint density at radius 3 is 2.36 bits per heavy atom. The van der Waals surface area contributed by atoms with Crippen LogP contribution in [0.5, 0.6) is 11.5 Å². The molecule has 0 spiro atoms. The summed E-state index contributed by atoms with van der Waals surface area (Å²) >= 11 is 0. The van der Waals surface area contributed by atoms with Gasteiger partial charge in [0.05, 0.1) is 26.4 Å². The first-order chi connectivity index (χ1) is 13.5. The molecule has 0 saturated carbocycles. The van der Waals surface area contributed by atoms with Crippen LogP contribution >= 0.6 is 0 Å². The van der Waals surface area contributed by atoms with E-state index < -0.39 is 5.97 Å². The summed E-state index contributed by atoms with van der Waals surface area (Å²) in [4.78, 5) is 25.9. The molecule has 2 aromatic carbocycles. The molecule has 1 N–H and O–H groups in total. The number of carboxylic acids is 1. The van der Waals surface area contributed by atoms with Crippen LogP contribution < -0.4 is 14.4 Å². The summed E-state index contributed by atoms with van der Waals surface area (Å²) in [7, 11) is 4.65. The molecule has 0 aliphatic carbocycles. The zero-order valence-electron chi connectivity index (χ0n) is 16.3. The van der Waals surface area contributed by atoms with Gasteiger partial charge in [-0.3, -0.25) is 4.79 Å². The zero-order valence-corrected chi connectivity index (χ0v) is 16.3. The van der Waals surface area contributed by atoms with E-state index in [1.165, 1.54) is 7.11 Å². The maximum Gasteiger partial charge on any atom is 0.335 e. The van der Waals surface area contributed by atoms with Crippen LogP contribution in [0, 0.1) is 0 Å². The Morgan fingerprint density at radius 2 is 1.71 bits per heavy atom. The van der Waals surface area contributed by atoms with E-state index in [0.29, 0.717) is 42.3 Å². The molecule has 0 radical (unpaired) electrons. The highest BCUT2D eigenvalue weighted by Crippen LogP contribution is 2.31. The predicted molar refractivity (Wildman–Crippen MR) is 105 cm³/mol. The lowest BCUT2D eigenvalue weighted by molar-refractivity contribution is -0.118. The largest absolute Gasteiger partial charge is 0.493 e. The Bertz CT molecular complexity index is 820. The monoisotopic (exact) mass is 387 g/mol. The average Bonchev–Trinajstić information content (AvgIpc) is 2.72.